The van der Waals surface area contributed by atoms with E-state index in [1.165, 1.54) is 16.7 Å². The van der Waals surface area contributed by atoms with Crippen LogP contribution in [0.2, 0.25) is 0 Å². The van der Waals surface area contributed by atoms with E-state index in [0.717, 1.165) is 19.3 Å². The third kappa shape index (κ3) is 5.46. The van der Waals surface area contributed by atoms with Crippen molar-refractivity contribution in [3.05, 3.63) is 34.9 Å². The summed E-state index contributed by atoms with van der Waals surface area (Å²) in [7, 11) is 0. The van der Waals surface area contributed by atoms with Crippen LogP contribution in [0.4, 0.5) is 0 Å². The van der Waals surface area contributed by atoms with Crippen LogP contribution in [-0.4, -0.2) is 11.6 Å². The Labute approximate surface area is 117 Å². The Hall–Kier alpha value is -1.31. The van der Waals surface area contributed by atoms with E-state index in [4.69, 9.17) is 4.74 Å². The predicted octanol–water partition coefficient (Wildman–Crippen LogP) is 4.09. The lowest BCUT2D eigenvalue weighted by atomic mass is 9.97. The molecule has 0 radical (unpaired) electrons. The zero-order valence-electron chi connectivity index (χ0n) is 12.9. The minimum atomic E-state index is -0.393. The zero-order valence-corrected chi connectivity index (χ0v) is 12.9. The van der Waals surface area contributed by atoms with Crippen molar-refractivity contribution in [1.82, 2.24) is 0 Å². The Morgan fingerprint density at radius 1 is 1.11 bits per heavy atom. The van der Waals surface area contributed by atoms with Crippen LogP contribution in [0.3, 0.4) is 0 Å². The zero-order chi connectivity index (χ0) is 14.5. The first-order chi connectivity index (χ1) is 8.85. The summed E-state index contributed by atoms with van der Waals surface area (Å²) in [5.41, 5.74) is 3.56. The Bertz CT molecular complexity index is 427. The normalized spacial score (nSPS) is 11.4. The van der Waals surface area contributed by atoms with Gasteiger partial charge in [-0.25, -0.2) is 0 Å². The van der Waals surface area contributed by atoms with E-state index in [9.17, 15) is 4.79 Å². The summed E-state index contributed by atoms with van der Waals surface area (Å²) in [6.07, 6.45) is 3.26. The largest absolute Gasteiger partial charge is 0.460 e. The molecule has 0 saturated carbocycles. The highest BCUT2D eigenvalue weighted by atomic mass is 16.6. The summed E-state index contributed by atoms with van der Waals surface area (Å²) in [6, 6.07) is 6.59. The number of carbonyl (C=O) groups excluding carboxylic acids is 1. The first-order valence-electron chi connectivity index (χ1n) is 7.18. The monoisotopic (exact) mass is 262 g/mol. The maximum Gasteiger partial charge on any atom is 0.306 e. The van der Waals surface area contributed by atoms with Gasteiger partial charge in [0.05, 0.1) is 0 Å². The molecule has 0 amide bonds. The molecule has 0 N–H and O–H groups in total. The molecule has 2 nitrogen and oxygen atoms in total. The molecule has 1 aromatic rings. The maximum atomic E-state index is 11.8. The van der Waals surface area contributed by atoms with E-state index in [2.05, 4.69) is 32.0 Å². The van der Waals surface area contributed by atoms with Crippen LogP contribution in [0.15, 0.2) is 18.2 Å². The van der Waals surface area contributed by atoms with Gasteiger partial charge in [0.15, 0.2) is 0 Å². The Balaban J connectivity index is 2.68. The SMILES string of the molecule is CCc1ccc(CC)c(CCC(=O)OC(C)(C)C)c1. The molecular weight excluding hydrogens is 236 g/mol. The second-order valence-electron chi connectivity index (χ2n) is 5.90. The summed E-state index contributed by atoms with van der Waals surface area (Å²) in [6.45, 7) is 10.0. The van der Waals surface area contributed by atoms with E-state index in [0.29, 0.717) is 6.42 Å². The maximum absolute atomic E-state index is 11.8. The Morgan fingerprint density at radius 2 is 1.79 bits per heavy atom. The molecule has 0 spiro atoms. The molecule has 0 aliphatic rings. The molecular formula is C17H26O2. The van der Waals surface area contributed by atoms with Crippen molar-refractivity contribution < 1.29 is 9.53 Å². The first-order valence-corrected chi connectivity index (χ1v) is 7.18. The Morgan fingerprint density at radius 3 is 2.32 bits per heavy atom. The lowest BCUT2D eigenvalue weighted by Gasteiger charge is -2.19. The molecule has 19 heavy (non-hydrogen) atoms. The fourth-order valence-electron chi connectivity index (χ4n) is 2.11. The summed E-state index contributed by atoms with van der Waals surface area (Å²) < 4.78 is 5.35. The third-order valence-corrected chi connectivity index (χ3v) is 3.08. The van der Waals surface area contributed by atoms with Crippen molar-refractivity contribution in [3.8, 4) is 0 Å². The highest BCUT2D eigenvalue weighted by Crippen LogP contribution is 2.17. The molecule has 0 saturated heterocycles. The van der Waals surface area contributed by atoms with Crippen molar-refractivity contribution in [3.63, 3.8) is 0 Å². The number of hydrogen-bond acceptors (Lipinski definition) is 2. The van der Waals surface area contributed by atoms with Gasteiger partial charge in [-0.05, 0) is 56.7 Å². The molecule has 0 unspecified atom stereocenters. The van der Waals surface area contributed by atoms with Gasteiger partial charge >= 0.3 is 5.97 Å². The number of rotatable bonds is 5. The van der Waals surface area contributed by atoms with Gasteiger partial charge in [-0.2, -0.15) is 0 Å². The van der Waals surface area contributed by atoms with Gasteiger partial charge in [0, 0.05) is 6.42 Å². The molecule has 106 valence electrons. The lowest BCUT2D eigenvalue weighted by molar-refractivity contribution is -0.154. The van der Waals surface area contributed by atoms with Gasteiger partial charge in [0.1, 0.15) is 5.60 Å². The summed E-state index contributed by atoms with van der Waals surface area (Å²) in [4.78, 5) is 11.8. The van der Waals surface area contributed by atoms with Crippen molar-refractivity contribution in [2.24, 2.45) is 0 Å². The van der Waals surface area contributed by atoms with Crippen LogP contribution in [0, 0.1) is 0 Å². The number of carbonyl (C=O) groups is 1. The van der Waals surface area contributed by atoms with E-state index in [1.54, 1.807) is 0 Å². The molecule has 0 heterocycles. The summed E-state index contributed by atoms with van der Waals surface area (Å²) in [5, 5.41) is 0. The van der Waals surface area contributed by atoms with Crippen LogP contribution in [0.1, 0.15) is 57.7 Å². The Kier molecular flexibility index (Phi) is 5.59. The minimum Gasteiger partial charge on any atom is -0.460 e. The molecule has 0 bridgehead atoms. The molecule has 0 aliphatic heterocycles. The van der Waals surface area contributed by atoms with Gasteiger partial charge in [0.2, 0.25) is 0 Å². The van der Waals surface area contributed by atoms with Crippen LogP contribution >= 0.6 is 0 Å². The topological polar surface area (TPSA) is 26.3 Å². The molecule has 0 fully saturated rings. The molecule has 0 atom stereocenters. The minimum absolute atomic E-state index is 0.114. The smallest absolute Gasteiger partial charge is 0.306 e. The van der Waals surface area contributed by atoms with E-state index in [1.807, 2.05) is 20.8 Å². The fourth-order valence-corrected chi connectivity index (χ4v) is 2.11. The van der Waals surface area contributed by atoms with Gasteiger partial charge < -0.3 is 4.74 Å². The summed E-state index contributed by atoms with van der Waals surface area (Å²) in [5.74, 6) is -0.114. The van der Waals surface area contributed by atoms with E-state index < -0.39 is 5.60 Å². The van der Waals surface area contributed by atoms with Gasteiger partial charge in [-0.3, -0.25) is 4.79 Å². The molecule has 1 rings (SSSR count). The second kappa shape index (κ2) is 6.74. The van der Waals surface area contributed by atoms with Gasteiger partial charge in [-0.1, -0.05) is 32.0 Å². The number of benzene rings is 1. The predicted molar refractivity (Wildman–Crippen MR) is 79.4 cm³/mol. The quantitative estimate of drug-likeness (QED) is 0.747. The van der Waals surface area contributed by atoms with Crippen molar-refractivity contribution in [2.75, 3.05) is 0 Å². The number of aryl methyl sites for hydroxylation is 3. The molecule has 0 aromatic heterocycles. The van der Waals surface area contributed by atoms with Crippen molar-refractivity contribution >= 4 is 5.97 Å². The van der Waals surface area contributed by atoms with Gasteiger partial charge in [-0.15, -0.1) is 0 Å². The van der Waals surface area contributed by atoms with E-state index >= 15 is 0 Å². The molecule has 0 aliphatic carbocycles. The lowest BCUT2D eigenvalue weighted by Crippen LogP contribution is -2.24. The highest BCUT2D eigenvalue weighted by Gasteiger charge is 2.16. The van der Waals surface area contributed by atoms with E-state index in [-0.39, 0.29) is 5.97 Å². The van der Waals surface area contributed by atoms with Crippen molar-refractivity contribution in [1.29, 1.82) is 0 Å². The molecule has 2 heteroatoms. The number of hydrogen-bond donors (Lipinski definition) is 0. The number of esters is 1. The second-order valence-corrected chi connectivity index (χ2v) is 5.90. The van der Waals surface area contributed by atoms with Crippen LogP contribution in [-0.2, 0) is 28.8 Å². The fraction of sp³-hybridized carbons (Fsp3) is 0.588. The van der Waals surface area contributed by atoms with Crippen LogP contribution in [0.5, 0.6) is 0 Å². The average Bonchev–Trinajstić information content (AvgIpc) is 2.33. The first kappa shape index (κ1) is 15.7. The summed E-state index contributed by atoms with van der Waals surface area (Å²) >= 11 is 0. The van der Waals surface area contributed by atoms with Crippen LogP contribution in [0.25, 0.3) is 0 Å². The van der Waals surface area contributed by atoms with Crippen molar-refractivity contribution in [2.45, 2.75) is 65.9 Å². The average molecular weight is 262 g/mol. The standard InChI is InChI=1S/C17H26O2/c1-6-13-8-9-14(7-2)15(12-13)10-11-16(18)19-17(3,4)5/h8-9,12H,6-7,10-11H2,1-5H3. The number of ether oxygens (including phenoxy) is 1. The van der Waals surface area contributed by atoms with Crippen LogP contribution < -0.4 is 0 Å². The molecule has 1 aromatic carbocycles. The highest BCUT2D eigenvalue weighted by molar-refractivity contribution is 5.70. The third-order valence-electron chi connectivity index (χ3n) is 3.08. The van der Waals surface area contributed by atoms with Gasteiger partial charge in [0.25, 0.3) is 0 Å².